The molecule has 2 N–H and O–H groups in total. The number of hydrogen-bond donors (Lipinski definition) is 2. The first-order valence-corrected chi connectivity index (χ1v) is 10.8. The van der Waals surface area contributed by atoms with Crippen LogP contribution in [0.25, 0.3) is 30.9 Å². The van der Waals surface area contributed by atoms with Crippen LogP contribution < -0.4 is 5.32 Å². The number of carbonyl (C=O) groups is 1. The minimum Gasteiger partial charge on any atom is -0.507 e. The molecule has 3 aromatic carbocycles. The number of anilines is 1. The minimum atomic E-state index is -0.461. The summed E-state index contributed by atoms with van der Waals surface area (Å²) in [5.41, 5.74) is 1.87. The SMILES string of the molecule is O=C(Nc1ccc(O)c(-c2nc3ccccc3s2)c1)c1cc2cc([N+](=O)[O-])ccc2s1. The monoisotopic (exact) mass is 447 g/mol. The van der Waals surface area contributed by atoms with E-state index in [0.717, 1.165) is 14.9 Å². The number of hydrogen-bond acceptors (Lipinski definition) is 7. The molecule has 2 aromatic heterocycles. The summed E-state index contributed by atoms with van der Waals surface area (Å²) in [6.45, 7) is 0. The van der Waals surface area contributed by atoms with Gasteiger partial charge in [-0.2, -0.15) is 0 Å². The molecule has 0 spiro atoms. The summed E-state index contributed by atoms with van der Waals surface area (Å²) in [6, 6.07) is 18.7. The van der Waals surface area contributed by atoms with Gasteiger partial charge in [-0.1, -0.05) is 12.1 Å². The number of non-ortho nitro benzene ring substituents is 1. The third-order valence-electron chi connectivity index (χ3n) is 4.71. The van der Waals surface area contributed by atoms with Gasteiger partial charge in [0.15, 0.2) is 0 Å². The number of aromatic nitrogens is 1. The Bertz CT molecular complexity index is 1460. The van der Waals surface area contributed by atoms with Crippen molar-refractivity contribution in [3.05, 3.63) is 81.7 Å². The van der Waals surface area contributed by atoms with E-state index >= 15 is 0 Å². The number of nitro benzene ring substituents is 1. The number of carbonyl (C=O) groups excluding carboxylic acids is 1. The van der Waals surface area contributed by atoms with Crippen LogP contribution in [0.15, 0.2) is 66.7 Å². The van der Waals surface area contributed by atoms with Gasteiger partial charge in [-0.05, 0) is 42.5 Å². The molecule has 31 heavy (non-hydrogen) atoms. The number of fused-ring (bicyclic) bond motifs is 2. The number of amides is 1. The molecule has 0 bridgehead atoms. The van der Waals surface area contributed by atoms with Gasteiger partial charge in [0.25, 0.3) is 11.6 Å². The number of phenols is 1. The van der Waals surface area contributed by atoms with Crippen molar-refractivity contribution in [2.75, 3.05) is 5.32 Å². The standard InChI is InChI=1S/C22H13N3O4S2/c26-17-7-5-13(11-15(17)22-24-16-3-1-2-4-19(16)31-22)23-21(27)20-10-12-9-14(25(28)29)6-8-18(12)30-20/h1-11,26H,(H,23,27). The lowest BCUT2D eigenvalue weighted by atomic mass is 10.2. The summed E-state index contributed by atoms with van der Waals surface area (Å²) < 4.78 is 1.79. The molecule has 0 aliphatic heterocycles. The largest absolute Gasteiger partial charge is 0.507 e. The maximum absolute atomic E-state index is 12.8. The number of nitro groups is 1. The van der Waals surface area contributed by atoms with Crippen molar-refractivity contribution in [3.8, 4) is 16.3 Å². The smallest absolute Gasteiger partial charge is 0.270 e. The van der Waals surface area contributed by atoms with Crippen LogP contribution in [0.4, 0.5) is 11.4 Å². The van der Waals surface area contributed by atoms with Crippen LogP contribution in [0.3, 0.4) is 0 Å². The van der Waals surface area contributed by atoms with Crippen LogP contribution in [-0.2, 0) is 0 Å². The molecule has 152 valence electrons. The zero-order valence-corrected chi connectivity index (χ0v) is 17.4. The highest BCUT2D eigenvalue weighted by molar-refractivity contribution is 7.21. The molecule has 0 saturated carbocycles. The molecule has 2 heterocycles. The molecule has 0 radical (unpaired) electrons. The van der Waals surface area contributed by atoms with E-state index in [2.05, 4.69) is 10.3 Å². The Labute approximate surface area is 183 Å². The topological polar surface area (TPSA) is 105 Å². The first-order chi connectivity index (χ1) is 15.0. The molecule has 0 aliphatic carbocycles. The third-order valence-corrected chi connectivity index (χ3v) is 6.90. The molecule has 0 atom stereocenters. The number of benzene rings is 3. The van der Waals surface area contributed by atoms with Crippen LogP contribution in [0.2, 0.25) is 0 Å². The fourth-order valence-electron chi connectivity index (χ4n) is 3.22. The van der Waals surface area contributed by atoms with E-state index in [1.807, 2.05) is 24.3 Å². The fourth-order valence-corrected chi connectivity index (χ4v) is 5.15. The number of rotatable bonds is 4. The summed E-state index contributed by atoms with van der Waals surface area (Å²) in [4.78, 5) is 28.3. The Hall–Kier alpha value is -3.82. The maximum Gasteiger partial charge on any atom is 0.270 e. The molecule has 5 rings (SSSR count). The molecular weight excluding hydrogens is 434 g/mol. The van der Waals surface area contributed by atoms with E-state index in [-0.39, 0.29) is 17.3 Å². The predicted octanol–water partition coefficient (Wildman–Crippen LogP) is 6.04. The maximum atomic E-state index is 12.8. The van der Waals surface area contributed by atoms with E-state index in [4.69, 9.17) is 0 Å². The molecule has 0 saturated heterocycles. The number of nitrogens with zero attached hydrogens (tertiary/aromatic N) is 2. The second kappa shape index (κ2) is 7.46. The Morgan fingerprint density at radius 2 is 1.84 bits per heavy atom. The summed E-state index contributed by atoms with van der Waals surface area (Å²) in [5, 5.41) is 25.4. The van der Waals surface area contributed by atoms with Crippen molar-refractivity contribution in [2.24, 2.45) is 0 Å². The second-order valence-corrected chi connectivity index (χ2v) is 8.88. The lowest BCUT2D eigenvalue weighted by Gasteiger charge is -2.07. The molecule has 9 heteroatoms. The highest BCUT2D eigenvalue weighted by atomic mass is 32.1. The normalized spacial score (nSPS) is 11.1. The van der Waals surface area contributed by atoms with Gasteiger partial charge in [0.1, 0.15) is 10.8 Å². The third kappa shape index (κ3) is 3.60. The lowest BCUT2D eigenvalue weighted by molar-refractivity contribution is -0.384. The summed E-state index contributed by atoms with van der Waals surface area (Å²) in [5.74, 6) is -0.254. The van der Waals surface area contributed by atoms with E-state index in [9.17, 15) is 20.0 Å². The van der Waals surface area contributed by atoms with E-state index in [1.54, 1.807) is 24.3 Å². The van der Waals surface area contributed by atoms with Crippen LogP contribution in [-0.4, -0.2) is 20.9 Å². The van der Waals surface area contributed by atoms with Crippen LogP contribution >= 0.6 is 22.7 Å². The van der Waals surface area contributed by atoms with E-state index in [0.29, 0.717) is 26.5 Å². The molecule has 0 aliphatic rings. The number of phenolic OH excluding ortho intramolecular Hbond substituents is 1. The van der Waals surface area contributed by atoms with Crippen molar-refractivity contribution < 1.29 is 14.8 Å². The van der Waals surface area contributed by atoms with Crippen LogP contribution in [0, 0.1) is 10.1 Å². The van der Waals surface area contributed by atoms with Gasteiger partial charge in [0.2, 0.25) is 0 Å². The van der Waals surface area contributed by atoms with Crippen molar-refractivity contribution in [3.63, 3.8) is 0 Å². The average Bonchev–Trinajstić information content (AvgIpc) is 3.38. The second-order valence-electron chi connectivity index (χ2n) is 6.76. The summed E-state index contributed by atoms with van der Waals surface area (Å²) in [6.07, 6.45) is 0. The van der Waals surface area contributed by atoms with Gasteiger partial charge in [0, 0.05) is 27.9 Å². The number of nitrogens with one attached hydrogen (secondary N) is 1. The minimum absolute atomic E-state index is 0.0173. The molecule has 0 fully saturated rings. The highest BCUT2D eigenvalue weighted by Gasteiger charge is 2.16. The first-order valence-electron chi connectivity index (χ1n) is 9.16. The average molecular weight is 447 g/mol. The van der Waals surface area contributed by atoms with Crippen LogP contribution in [0.1, 0.15) is 9.67 Å². The molecular formula is C22H13N3O4S2. The number of thiophene rings is 1. The number of para-hydroxylation sites is 1. The van der Waals surface area contributed by atoms with Crippen molar-refractivity contribution in [1.29, 1.82) is 0 Å². The van der Waals surface area contributed by atoms with Crippen molar-refractivity contribution in [2.45, 2.75) is 0 Å². The highest BCUT2D eigenvalue weighted by Crippen LogP contribution is 2.37. The van der Waals surface area contributed by atoms with Crippen molar-refractivity contribution in [1.82, 2.24) is 4.98 Å². The molecule has 1 amide bonds. The molecule has 0 unspecified atom stereocenters. The lowest BCUT2D eigenvalue weighted by Crippen LogP contribution is -2.10. The number of thiazole rings is 1. The summed E-state index contributed by atoms with van der Waals surface area (Å²) >= 11 is 2.72. The Morgan fingerprint density at radius 3 is 2.65 bits per heavy atom. The van der Waals surface area contributed by atoms with E-state index < -0.39 is 4.92 Å². The van der Waals surface area contributed by atoms with Gasteiger partial charge < -0.3 is 10.4 Å². The summed E-state index contributed by atoms with van der Waals surface area (Å²) in [7, 11) is 0. The zero-order valence-electron chi connectivity index (χ0n) is 15.7. The van der Waals surface area contributed by atoms with Crippen LogP contribution in [0.5, 0.6) is 5.75 Å². The molecule has 7 nitrogen and oxygen atoms in total. The Morgan fingerprint density at radius 1 is 1.00 bits per heavy atom. The molecule has 5 aromatic rings. The van der Waals surface area contributed by atoms with Crippen molar-refractivity contribution >= 4 is 60.3 Å². The Balaban J connectivity index is 1.44. The first kappa shape index (κ1) is 19.2. The van der Waals surface area contributed by atoms with E-state index in [1.165, 1.54) is 40.9 Å². The quantitative estimate of drug-likeness (QED) is 0.198. The number of aromatic hydroxyl groups is 1. The Kier molecular flexibility index (Phi) is 4.61. The van der Waals surface area contributed by atoms with Gasteiger partial charge in [-0.3, -0.25) is 14.9 Å². The predicted molar refractivity (Wildman–Crippen MR) is 123 cm³/mol. The van der Waals surface area contributed by atoms with Gasteiger partial charge >= 0.3 is 0 Å². The zero-order chi connectivity index (χ0) is 21.5. The fraction of sp³-hybridized carbons (Fsp3) is 0. The van der Waals surface area contributed by atoms with Gasteiger partial charge in [0.05, 0.1) is 25.6 Å². The van der Waals surface area contributed by atoms with Gasteiger partial charge in [-0.25, -0.2) is 4.98 Å². The van der Waals surface area contributed by atoms with Gasteiger partial charge in [-0.15, -0.1) is 22.7 Å².